The van der Waals surface area contributed by atoms with Gasteiger partial charge in [-0.05, 0) is 24.6 Å². The fourth-order valence-corrected chi connectivity index (χ4v) is 2.49. The third kappa shape index (κ3) is 6.14. The van der Waals surface area contributed by atoms with Gasteiger partial charge in [-0.25, -0.2) is 0 Å². The molecule has 27 heavy (non-hydrogen) atoms. The Morgan fingerprint density at radius 3 is 2.37 bits per heavy atom. The van der Waals surface area contributed by atoms with Crippen LogP contribution in [0.5, 0.6) is 0 Å². The molecule has 0 fully saturated rings. The molecule has 4 N–H and O–H groups in total. The summed E-state index contributed by atoms with van der Waals surface area (Å²) in [6.45, 7) is 1.65. The van der Waals surface area contributed by atoms with E-state index in [1.807, 2.05) is 30.3 Å². The van der Waals surface area contributed by atoms with Crippen LogP contribution in [0.3, 0.4) is 0 Å². The number of carbonyl (C=O) groups is 3. The van der Waals surface area contributed by atoms with Gasteiger partial charge in [-0.3, -0.25) is 14.4 Å². The summed E-state index contributed by atoms with van der Waals surface area (Å²) in [5, 5.41) is 5.19. The number of anilines is 1. The number of ether oxygens (including phenoxy) is 1. The highest BCUT2D eigenvalue weighted by molar-refractivity contribution is 6.01. The summed E-state index contributed by atoms with van der Waals surface area (Å²) in [5.74, 6) is -1.47. The van der Waals surface area contributed by atoms with Gasteiger partial charge in [-0.15, -0.1) is 0 Å². The number of para-hydroxylation sites is 1. The maximum Gasteiger partial charge on any atom is 0.325 e. The van der Waals surface area contributed by atoms with Gasteiger partial charge in [0.1, 0.15) is 12.6 Å². The Labute approximate surface area is 157 Å². The van der Waals surface area contributed by atoms with E-state index in [2.05, 4.69) is 10.6 Å². The summed E-state index contributed by atoms with van der Waals surface area (Å²) in [6.07, 6.45) is 0.272. The first-order valence-corrected chi connectivity index (χ1v) is 8.64. The molecule has 0 saturated heterocycles. The number of carbonyl (C=O) groups excluding carboxylic acids is 3. The van der Waals surface area contributed by atoms with Crippen molar-refractivity contribution >= 4 is 23.5 Å². The van der Waals surface area contributed by atoms with E-state index in [1.54, 1.807) is 31.2 Å². The van der Waals surface area contributed by atoms with Crippen molar-refractivity contribution in [2.75, 3.05) is 18.9 Å². The van der Waals surface area contributed by atoms with E-state index in [0.29, 0.717) is 5.69 Å². The zero-order valence-electron chi connectivity index (χ0n) is 15.1. The van der Waals surface area contributed by atoms with Gasteiger partial charge in [-0.2, -0.15) is 0 Å². The molecule has 0 spiro atoms. The molecular weight excluding hydrogens is 346 g/mol. The smallest absolute Gasteiger partial charge is 0.325 e. The monoisotopic (exact) mass is 369 g/mol. The van der Waals surface area contributed by atoms with E-state index in [4.69, 9.17) is 10.5 Å². The number of amides is 2. The van der Waals surface area contributed by atoms with Crippen LogP contribution < -0.4 is 16.4 Å². The maximum atomic E-state index is 12.5. The van der Waals surface area contributed by atoms with Gasteiger partial charge in [0.15, 0.2) is 0 Å². The molecule has 1 atom stereocenters. The van der Waals surface area contributed by atoms with E-state index in [0.717, 1.165) is 5.56 Å². The highest BCUT2D eigenvalue weighted by Gasteiger charge is 2.23. The zero-order valence-corrected chi connectivity index (χ0v) is 15.1. The van der Waals surface area contributed by atoms with E-state index in [9.17, 15) is 14.4 Å². The molecule has 0 bridgehead atoms. The lowest BCUT2D eigenvalue weighted by atomic mass is 10.0. The summed E-state index contributed by atoms with van der Waals surface area (Å²) in [7, 11) is 0. The van der Waals surface area contributed by atoms with Crippen LogP contribution in [0.4, 0.5) is 5.69 Å². The highest BCUT2D eigenvalue weighted by Crippen LogP contribution is 2.11. The molecule has 0 aromatic heterocycles. The molecule has 0 aliphatic heterocycles. The average Bonchev–Trinajstić information content (AvgIpc) is 2.67. The largest absolute Gasteiger partial charge is 0.465 e. The lowest BCUT2D eigenvalue weighted by Crippen LogP contribution is -2.49. The molecule has 0 unspecified atom stereocenters. The van der Waals surface area contributed by atoms with Crippen LogP contribution in [-0.2, 0) is 20.7 Å². The molecule has 0 radical (unpaired) electrons. The summed E-state index contributed by atoms with van der Waals surface area (Å²) >= 11 is 0. The number of nitrogens with one attached hydrogen (secondary N) is 2. The molecule has 0 saturated carbocycles. The molecule has 2 amide bonds. The van der Waals surface area contributed by atoms with Gasteiger partial charge >= 0.3 is 5.97 Å². The van der Waals surface area contributed by atoms with E-state index in [-0.39, 0.29) is 25.1 Å². The van der Waals surface area contributed by atoms with Gasteiger partial charge in [0.2, 0.25) is 5.91 Å². The van der Waals surface area contributed by atoms with Crippen LogP contribution >= 0.6 is 0 Å². The fraction of sp³-hybridized carbons (Fsp3) is 0.250. The van der Waals surface area contributed by atoms with E-state index in [1.165, 1.54) is 0 Å². The first-order chi connectivity index (χ1) is 13.0. The Kier molecular flexibility index (Phi) is 7.37. The van der Waals surface area contributed by atoms with Crippen molar-refractivity contribution in [1.29, 1.82) is 0 Å². The first kappa shape index (κ1) is 20.0. The Hall–Kier alpha value is -3.35. The van der Waals surface area contributed by atoms with Gasteiger partial charge in [-0.1, -0.05) is 42.5 Å². The predicted octanol–water partition coefficient (Wildman–Crippen LogP) is 1.29. The molecule has 0 aliphatic carbocycles. The van der Waals surface area contributed by atoms with E-state index >= 15 is 0 Å². The third-order valence-corrected chi connectivity index (χ3v) is 3.82. The van der Waals surface area contributed by atoms with E-state index < -0.39 is 23.8 Å². The van der Waals surface area contributed by atoms with Gasteiger partial charge in [0, 0.05) is 12.1 Å². The minimum Gasteiger partial charge on any atom is -0.465 e. The lowest BCUT2D eigenvalue weighted by molar-refractivity contribution is -0.143. The summed E-state index contributed by atoms with van der Waals surface area (Å²) < 4.78 is 4.80. The van der Waals surface area contributed by atoms with Crippen molar-refractivity contribution in [3.05, 3.63) is 65.7 Å². The molecule has 0 heterocycles. The second-order valence-corrected chi connectivity index (χ2v) is 5.83. The molecule has 2 aromatic carbocycles. The molecule has 0 aliphatic rings. The molecular formula is C20H23N3O4. The summed E-state index contributed by atoms with van der Waals surface area (Å²) in [4.78, 5) is 36.6. The third-order valence-electron chi connectivity index (χ3n) is 3.82. The van der Waals surface area contributed by atoms with Crippen LogP contribution in [0.25, 0.3) is 0 Å². The quantitative estimate of drug-likeness (QED) is 0.480. The Bertz CT molecular complexity index is 793. The predicted molar refractivity (Wildman–Crippen MR) is 102 cm³/mol. The molecule has 7 heteroatoms. The van der Waals surface area contributed by atoms with Crippen LogP contribution in [0.15, 0.2) is 54.6 Å². The van der Waals surface area contributed by atoms with Crippen molar-refractivity contribution in [2.24, 2.45) is 0 Å². The fourth-order valence-electron chi connectivity index (χ4n) is 2.49. The number of benzene rings is 2. The van der Waals surface area contributed by atoms with Crippen molar-refractivity contribution in [3.8, 4) is 0 Å². The highest BCUT2D eigenvalue weighted by atomic mass is 16.5. The summed E-state index contributed by atoms with van der Waals surface area (Å²) in [5.41, 5.74) is 7.31. The normalized spacial score (nSPS) is 11.3. The van der Waals surface area contributed by atoms with Crippen LogP contribution in [0, 0.1) is 0 Å². The van der Waals surface area contributed by atoms with Crippen LogP contribution in [-0.4, -0.2) is 37.0 Å². The average molecular weight is 369 g/mol. The van der Waals surface area contributed by atoms with Gasteiger partial charge < -0.3 is 21.1 Å². The van der Waals surface area contributed by atoms with Gasteiger partial charge in [0.05, 0.1) is 12.2 Å². The van der Waals surface area contributed by atoms with Crippen molar-refractivity contribution in [1.82, 2.24) is 10.6 Å². The van der Waals surface area contributed by atoms with Crippen molar-refractivity contribution in [3.63, 3.8) is 0 Å². The number of hydrogen-bond acceptors (Lipinski definition) is 5. The minimum absolute atomic E-state index is 0.228. The topological polar surface area (TPSA) is 111 Å². The minimum atomic E-state index is -0.867. The molecule has 2 rings (SSSR count). The number of nitrogens with two attached hydrogens (primary N) is 1. The number of esters is 1. The Morgan fingerprint density at radius 2 is 1.70 bits per heavy atom. The standard InChI is InChI=1S/C20H23N3O4/c1-2-27-18(24)13-22-20(26)17(12-14-8-4-3-5-9-14)23-19(25)15-10-6-7-11-16(15)21/h3-11,17H,2,12-13,21H2,1H3,(H,22,26)(H,23,25)/t17-/m0/s1. The lowest BCUT2D eigenvalue weighted by Gasteiger charge is -2.19. The molecule has 7 nitrogen and oxygen atoms in total. The maximum absolute atomic E-state index is 12.5. The van der Waals surface area contributed by atoms with Gasteiger partial charge in [0.25, 0.3) is 5.91 Å². The SMILES string of the molecule is CCOC(=O)CNC(=O)[C@H](Cc1ccccc1)NC(=O)c1ccccc1N. The zero-order chi connectivity index (χ0) is 19.6. The molecule has 2 aromatic rings. The van der Waals surface area contributed by atoms with Crippen LogP contribution in [0.2, 0.25) is 0 Å². The summed E-state index contributed by atoms with van der Waals surface area (Å²) in [6, 6.07) is 15.0. The number of nitrogen functional groups attached to an aromatic ring is 1. The first-order valence-electron chi connectivity index (χ1n) is 8.64. The second-order valence-electron chi connectivity index (χ2n) is 5.83. The second kappa shape index (κ2) is 9.96. The Morgan fingerprint density at radius 1 is 1.04 bits per heavy atom. The number of hydrogen-bond donors (Lipinski definition) is 3. The number of rotatable bonds is 8. The molecule has 142 valence electrons. The van der Waals surface area contributed by atoms with Crippen LogP contribution in [0.1, 0.15) is 22.8 Å². The Balaban J connectivity index is 2.11. The van der Waals surface area contributed by atoms with Crippen molar-refractivity contribution < 1.29 is 19.1 Å². The van der Waals surface area contributed by atoms with Crippen molar-refractivity contribution in [2.45, 2.75) is 19.4 Å².